The van der Waals surface area contributed by atoms with Crippen molar-refractivity contribution in [2.75, 3.05) is 13.1 Å². The zero-order valence-electron chi connectivity index (χ0n) is 17.9. The predicted octanol–water partition coefficient (Wildman–Crippen LogP) is 4.65. The highest BCUT2D eigenvalue weighted by Gasteiger charge is 2.35. The number of fused-ring (bicyclic) bond motifs is 1. The number of Topliss-reactive ketones (excluding diaryl/α,β-unsaturated/α-hetero) is 1. The Morgan fingerprint density at radius 3 is 2.62 bits per heavy atom. The molecule has 1 aromatic carbocycles. The lowest BCUT2D eigenvalue weighted by Gasteiger charge is -2.30. The van der Waals surface area contributed by atoms with E-state index in [1.54, 1.807) is 4.90 Å². The number of aryl methyl sites for hydroxylation is 1. The lowest BCUT2D eigenvalue weighted by atomic mass is 9.81. The van der Waals surface area contributed by atoms with Gasteiger partial charge in [0, 0.05) is 30.1 Å². The monoisotopic (exact) mass is 397 g/mol. The predicted molar refractivity (Wildman–Crippen MR) is 112 cm³/mol. The maximum atomic E-state index is 13.4. The summed E-state index contributed by atoms with van der Waals surface area (Å²) in [7, 11) is 0. The van der Waals surface area contributed by atoms with Crippen molar-refractivity contribution < 1.29 is 14.3 Å². The molecule has 0 radical (unpaired) electrons. The zero-order valence-corrected chi connectivity index (χ0v) is 17.9. The van der Waals surface area contributed by atoms with Crippen molar-refractivity contribution in [3.63, 3.8) is 0 Å². The highest BCUT2D eigenvalue weighted by atomic mass is 16.6. The van der Waals surface area contributed by atoms with Crippen LogP contribution in [0.2, 0.25) is 0 Å². The topological polar surface area (TPSA) is 64.4 Å². The Labute approximate surface area is 172 Å². The van der Waals surface area contributed by atoms with Crippen molar-refractivity contribution in [1.29, 1.82) is 0 Å². The molecule has 0 saturated heterocycles. The second kappa shape index (κ2) is 8.80. The van der Waals surface area contributed by atoms with Crippen LogP contribution in [-0.2, 0) is 17.8 Å². The van der Waals surface area contributed by atoms with Crippen molar-refractivity contribution in [1.82, 2.24) is 14.7 Å². The number of ketones is 1. The molecule has 2 aromatic rings. The van der Waals surface area contributed by atoms with E-state index in [4.69, 9.17) is 4.74 Å². The quantitative estimate of drug-likeness (QED) is 0.756. The fraction of sp³-hybridized carbons (Fsp3) is 0.522. The lowest BCUT2D eigenvalue weighted by molar-refractivity contribution is 0.0735. The molecule has 2 heterocycles. The lowest BCUT2D eigenvalue weighted by Crippen LogP contribution is -2.39. The van der Waals surface area contributed by atoms with Crippen molar-refractivity contribution in [2.24, 2.45) is 5.41 Å². The molecule has 0 aliphatic carbocycles. The van der Waals surface area contributed by atoms with Crippen molar-refractivity contribution in [2.45, 2.75) is 59.6 Å². The third-order valence-electron chi connectivity index (χ3n) is 5.53. The average Bonchev–Trinajstić information content (AvgIpc) is 3.12. The van der Waals surface area contributed by atoms with Crippen LogP contribution in [0.3, 0.4) is 0 Å². The van der Waals surface area contributed by atoms with Crippen LogP contribution in [-0.4, -0.2) is 39.6 Å². The van der Waals surface area contributed by atoms with Gasteiger partial charge in [-0.3, -0.25) is 9.48 Å². The van der Waals surface area contributed by atoms with Crippen molar-refractivity contribution in [3.8, 4) is 0 Å². The number of hydrogen-bond acceptors (Lipinski definition) is 4. The van der Waals surface area contributed by atoms with Crippen LogP contribution in [0.4, 0.5) is 4.79 Å². The van der Waals surface area contributed by atoms with Gasteiger partial charge in [0.15, 0.2) is 5.78 Å². The molecule has 1 aliphatic heterocycles. The Hall–Kier alpha value is -2.63. The molecule has 1 aromatic heterocycles. The molecule has 6 nitrogen and oxygen atoms in total. The minimum atomic E-state index is -0.587. The van der Waals surface area contributed by atoms with Crippen LogP contribution >= 0.6 is 0 Å². The molecular weight excluding hydrogens is 366 g/mol. The first-order chi connectivity index (χ1) is 13.8. The highest BCUT2D eigenvalue weighted by molar-refractivity contribution is 6.00. The molecule has 0 fully saturated rings. The molecule has 0 saturated carbocycles. The molecule has 156 valence electrons. The molecule has 3 rings (SSSR count). The fourth-order valence-corrected chi connectivity index (χ4v) is 3.64. The molecule has 29 heavy (non-hydrogen) atoms. The summed E-state index contributed by atoms with van der Waals surface area (Å²) in [6.07, 6.45) is 3.55. The van der Waals surface area contributed by atoms with Gasteiger partial charge in [-0.05, 0) is 38.7 Å². The summed E-state index contributed by atoms with van der Waals surface area (Å²) in [6.45, 7) is 9.33. The number of ether oxygens (including phenoxy) is 1. The van der Waals surface area contributed by atoms with Crippen LogP contribution in [0, 0.1) is 5.41 Å². The van der Waals surface area contributed by atoms with E-state index in [2.05, 4.69) is 5.10 Å². The number of carbonyl (C=O) groups excluding carboxylic acids is 2. The summed E-state index contributed by atoms with van der Waals surface area (Å²) in [6, 6.07) is 9.79. The molecule has 1 aliphatic rings. The fourth-order valence-electron chi connectivity index (χ4n) is 3.64. The standard InChI is InChI=1S/C23H31N3O3/c1-17(2)26-20-19(15-24-26)11-8-13-25(14-12-23(3,4)21(20)27)22(28)29-16-18-9-6-5-7-10-18/h5-7,9-10,15,17H,8,11-14,16H2,1-4H3. The first-order valence-electron chi connectivity index (χ1n) is 10.4. The average molecular weight is 398 g/mol. The molecule has 6 heteroatoms. The van der Waals surface area contributed by atoms with Crippen LogP contribution in [0.1, 0.15) is 68.2 Å². The number of nitrogens with zero attached hydrogens (tertiary/aromatic N) is 3. The summed E-state index contributed by atoms with van der Waals surface area (Å²) in [5, 5.41) is 4.47. The van der Waals surface area contributed by atoms with E-state index in [-0.39, 0.29) is 24.5 Å². The number of benzene rings is 1. The van der Waals surface area contributed by atoms with E-state index in [0.717, 1.165) is 23.2 Å². The van der Waals surface area contributed by atoms with Crippen molar-refractivity contribution in [3.05, 3.63) is 53.3 Å². The molecule has 0 N–H and O–H groups in total. The van der Waals surface area contributed by atoms with Gasteiger partial charge in [0.2, 0.25) is 0 Å². The summed E-state index contributed by atoms with van der Waals surface area (Å²) in [4.78, 5) is 27.8. The maximum absolute atomic E-state index is 13.4. The van der Waals surface area contributed by atoms with Crippen LogP contribution < -0.4 is 0 Å². The number of amides is 1. The third kappa shape index (κ3) is 4.86. The minimum absolute atomic E-state index is 0.0956. The van der Waals surface area contributed by atoms with E-state index in [1.165, 1.54) is 0 Å². The van der Waals surface area contributed by atoms with Crippen LogP contribution in [0.15, 0.2) is 36.5 Å². The molecule has 0 atom stereocenters. The Bertz CT molecular complexity index is 856. The maximum Gasteiger partial charge on any atom is 0.410 e. The first kappa shape index (κ1) is 21.1. The molecule has 0 spiro atoms. The normalized spacial score (nSPS) is 17.1. The smallest absolute Gasteiger partial charge is 0.410 e. The Balaban J connectivity index is 1.74. The van der Waals surface area contributed by atoms with Gasteiger partial charge < -0.3 is 9.64 Å². The second-order valence-corrected chi connectivity index (χ2v) is 8.65. The minimum Gasteiger partial charge on any atom is -0.445 e. The summed E-state index contributed by atoms with van der Waals surface area (Å²) in [5.41, 5.74) is 2.07. The highest BCUT2D eigenvalue weighted by Crippen LogP contribution is 2.31. The van der Waals surface area contributed by atoms with E-state index in [9.17, 15) is 9.59 Å². The number of carbonyl (C=O) groups is 2. The van der Waals surface area contributed by atoms with Gasteiger partial charge in [0.05, 0.1) is 6.20 Å². The Kier molecular flexibility index (Phi) is 6.40. The van der Waals surface area contributed by atoms with Gasteiger partial charge in [-0.15, -0.1) is 0 Å². The molecule has 0 unspecified atom stereocenters. The zero-order chi connectivity index (χ0) is 21.0. The molecule has 1 amide bonds. The van der Waals surface area contributed by atoms with Crippen LogP contribution in [0.25, 0.3) is 0 Å². The Morgan fingerprint density at radius 2 is 1.93 bits per heavy atom. The Morgan fingerprint density at radius 1 is 1.21 bits per heavy atom. The first-order valence-corrected chi connectivity index (χ1v) is 10.4. The molecule has 0 bridgehead atoms. The van der Waals surface area contributed by atoms with Gasteiger partial charge in [-0.1, -0.05) is 44.2 Å². The van der Waals surface area contributed by atoms with E-state index in [1.807, 2.05) is 68.9 Å². The number of hydrogen-bond donors (Lipinski definition) is 0. The van der Waals surface area contributed by atoms with Gasteiger partial charge in [0.1, 0.15) is 12.3 Å². The van der Waals surface area contributed by atoms with Gasteiger partial charge in [-0.2, -0.15) is 5.10 Å². The summed E-state index contributed by atoms with van der Waals surface area (Å²) < 4.78 is 7.36. The van der Waals surface area contributed by atoms with Gasteiger partial charge >= 0.3 is 6.09 Å². The van der Waals surface area contributed by atoms with E-state index >= 15 is 0 Å². The SMILES string of the molecule is CC(C)n1ncc2c1C(=O)C(C)(C)CCN(C(=O)OCc1ccccc1)CCC2. The van der Waals surface area contributed by atoms with E-state index in [0.29, 0.717) is 25.9 Å². The van der Waals surface area contributed by atoms with E-state index < -0.39 is 5.41 Å². The molecular formula is C23H31N3O3. The van der Waals surface area contributed by atoms with Gasteiger partial charge in [-0.25, -0.2) is 4.79 Å². The van der Waals surface area contributed by atoms with Crippen molar-refractivity contribution >= 4 is 11.9 Å². The van der Waals surface area contributed by atoms with Crippen LogP contribution in [0.5, 0.6) is 0 Å². The van der Waals surface area contributed by atoms with Gasteiger partial charge in [0.25, 0.3) is 0 Å². The number of rotatable bonds is 3. The largest absolute Gasteiger partial charge is 0.445 e. The summed E-state index contributed by atoms with van der Waals surface area (Å²) in [5.74, 6) is 0.0956. The number of aromatic nitrogens is 2. The second-order valence-electron chi connectivity index (χ2n) is 8.65. The third-order valence-corrected chi connectivity index (χ3v) is 5.53. The summed E-state index contributed by atoms with van der Waals surface area (Å²) >= 11 is 0.